The predicted molar refractivity (Wildman–Crippen MR) is 134 cm³/mol. The molecule has 0 N–H and O–H groups in total. The molecule has 2 aromatic rings. The second-order valence-electron chi connectivity index (χ2n) is 9.19. The Morgan fingerprint density at radius 1 is 1.14 bits per heavy atom. The topological polar surface area (TPSA) is 66.0 Å². The van der Waals surface area contributed by atoms with Gasteiger partial charge in [-0.15, -0.1) is 0 Å². The average molecular weight is 503 g/mol. The minimum atomic E-state index is -0.568. The molecule has 0 spiro atoms. The summed E-state index contributed by atoms with van der Waals surface area (Å²) in [5, 5.41) is 0.0235. The lowest BCUT2D eigenvalue weighted by Gasteiger charge is -2.48. The SMILES string of the molecule is CC[C@H]1CN(c2ccc(C(=O)OC)nc2C)CCN1C1CCN(C(=O)c2ccc(Cl)c(F)c2)CC1. The number of benzene rings is 1. The number of rotatable bonds is 5. The number of methoxy groups -OCH3 is 1. The molecule has 35 heavy (non-hydrogen) atoms. The lowest BCUT2D eigenvalue weighted by Crippen LogP contribution is -2.58. The highest BCUT2D eigenvalue weighted by molar-refractivity contribution is 6.30. The number of piperazine rings is 1. The second kappa shape index (κ2) is 10.9. The van der Waals surface area contributed by atoms with Crippen LogP contribution in [0.2, 0.25) is 5.02 Å². The van der Waals surface area contributed by atoms with Crippen molar-refractivity contribution in [1.82, 2.24) is 14.8 Å². The number of hydrogen-bond donors (Lipinski definition) is 0. The molecule has 0 aliphatic carbocycles. The molecular weight excluding hydrogens is 471 g/mol. The molecule has 1 aromatic heterocycles. The van der Waals surface area contributed by atoms with Gasteiger partial charge in [-0.3, -0.25) is 9.69 Å². The molecule has 4 rings (SSSR count). The summed E-state index contributed by atoms with van der Waals surface area (Å²) in [6.07, 6.45) is 2.81. The van der Waals surface area contributed by atoms with Gasteiger partial charge in [-0.2, -0.15) is 0 Å². The number of aryl methyl sites for hydroxylation is 1. The summed E-state index contributed by atoms with van der Waals surface area (Å²) >= 11 is 5.76. The van der Waals surface area contributed by atoms with E-state index in [0.29, 0.717) is 36.4 Å². The lowest BCUT2D eigenvalue weighted by molar-refractivity contribution is 0.0490. The van der Waals surface area contributed by atoms with E-state index in [2.05, 4.69) is 21.7 Å². The zero-order chi connectivity index (χ0) is 25.1. The fourth-order valence-electron chi connectivity index (χ4n) is 5.25. The van der Waals surface area contributed by atoms with Gasteiger partial charge >= 0.3 is 5.97 Å². The van der Waals surface area contributed by atoms with Crippen molar-refractivity contribution in [3.63, 3.8) is 0 Å². The standard InChI is InChI=1S/C26H32ClFN4O3/c1-4-19-16-31(24-8-7-23(26(34)35-3)29-17(24)2)13-14-32(19)20-9-11-30(12-10-20)25(33)18-5-6-21(27)22(28)15-18/h5-8,15,19-20H,4,9-14,16H2,1-3H3/t19-/m0/s1. The minimum Gasteiger partial charge on any atom is -0.464 e. The normalized spacial score (nSPS) is 19.6. The maximum atomic E-state index is 13.8. The number of aromatic nitrogens is 1. The van der Waals surface area contributed by atoms with Gasteiger partial charge in [0.1, 0.15) is 11.5 Å². The van der Waals surface area contributed by atoms with Crippen molar-refractivity contribution in [2.75, 3.05) is 44.7 Å². The van der Waals surface area contributed by atoms with E-state index in [-0.39, 0.29) is 10.9 Å². The number of ether oxygens (including phenoxy) is 1. The zero-order valence-electron chi connectivity index (χ0n) is 20.5. The van der Waals surface area contributed by atoms with Crippen LogP contribution in [0, 0.1) is 12.7 Å². The number of hydrogen-bond acceptors (Lipinski definition) is 6. The van der Waals surface area contributed by atoms with Crippen molar-refractivity contribution >= 4 is 29.2 Å². The lowest BCUT2D eigenvalue weighted by atomic mass is 9.97. The predicted octanol–water partition coefficient (Wildman–Crippen LogP) is 4.17. The van der Waals surface area contributed by atoms with Crippen molar-refractivity contribution in [1.29, 1.82) is 0 Å². The molecule has 0 saturated carbocycles. The van der Waals surface area contributed by atoms with Gasteiger partial charge < -0.3 is 14.5 Å². The van der Waals surface area contributed by atoms with Crippen molar-refractivity contribution in [3.8, 4) is 0 Å². The molecule has 2 aliphatic rings. The fourth-order valence-corrected chi connectivity index (χ4v) is 5.37. The van der Waals surface area contributed by atoms with Gasteiger partial charge in [0.2, 0.25) is 0 Å². The smallest absolute Gasteiger partial charge is 0.356 e. The summed E-state index contributed by atoms with van der Waals surface area (Å²) in [4.78, 5) is 35.8. The first-order valence-corrected chi connectivity index (χ1v) is 12.5. The first-order valence-electron chi connectivity index (χ1n) is 12.1. The third-order valence-corrected chi connectivity index (χ3v) is 7.49. The van der Waals surface area contributed by atoms with Crippen molar-refractivity contribution in [2.24, 2.45) is 0 Å². The highest BCUT2D eigenvalue weighted by Crippen LogP contribution is 2.28. The van der Waals surface area contributed by atoms with Crippen LogP contribution in [-0.2, 0) is 4.74 Å². The van der Waals surface area contributed by atoms with E-state index in [1.54, 1.807) is 12.1 Å². The summed E-state index contributed by atoms with van der Waals surface area (Å²) < 4.78 is 18.6. The molecule has 3 heterocycles. The first kappa shape index (κ1) is 25.4. The van der Waals surface area contributed by atoms with Gasteiger partial charge in [-0.1, -0.05) is 18.5 Å². The Labute approximate surface area is 210 Å². The molecule has 2 fully saturated rings. The highest BCUT2D eigenvalue weighted by Gasteiger charge is 2.34. The van der Waals surface area contributed by atoms with E-state index >= 15 is 0 Å². The molecule has 9 heteroatoms. The van der Waals surface area contributed by atoms with Gasteiger partial charge in [-0.25, -0.2) is 14.2 Å². The number of halogens is 2. The first-order chi connectivity index (χ1) is 16.8. The number of likely N-dealkylation sites (tertiary alicyclic amines) is 1. The summed E-state index contributed by atoms with van der Waals surface area (Å²) in [6, 6.07) is 8.72. The van der Waals surface area contributed by atoms with E-state index in [4.69, 9.17) is 16.3 Å². The number of carbonyl (C=O) groups is 2. The number of nitrogens with zero attached hydrogens (tertiary/aromatic N) is 4. The van der Waals surface area contributed by atoms with Gasteiger partial charge in [0, 0.05) is 50.4 Å². The zero-order valence-corrected chi connectivity index (χ0v) is 21.2. The van der Waals surface area contributed by atoms with Crippen LogP contribution in [-0.4, -0.2) is 78.6 Å². The third-order valence-electron chi connectivity index (χ3n) is 7.18. The highest BCUT2D eigenvalue weighted by atomic mass is 35.5. The van der Waals surface area contributed by atoms with Crippen LogP contribution >= 0.6 is 11.6 Å². The molecule has 1 atom stereocenters. The Hall–Kier alpha value is -2.71. The third kappa shape index (κ3) is 5.43. The van der Waals surface area contributed by atoms with E-state index in [1.165, 1.54) is 19.2 Å². The molecule has 0 unspecified atom stereocenters. The summed E-state index contributed by atoms with van der Waals surface area (Å²) in [6.45, 7) is 8.14. The molecular formula is C26H32ClFN4O3. The van der Waals surface area contributed by atoms with E-state index in [1.807, 2.05) is 17.9 Å². The Kier molecular flexibility index (Phi) is 7.91. The van der Waals surface area contributed by atoms with Gasteiger partial charge in [0.05, 0.1) is 23.5 Å². The molecule has 188 valence electrons. The number of piperidine rings is 1. The largest absolute Gasteiger partial charge is 0.464 e. The molecule has 0 bridgehead atoms. The fraction of sp³-hybridized carbons (Fsp3) is 0.500. The summed E-state index contributed by atoms with van der Waals surface area (Å²) in [7, 11) is 1.36. The number of carbonyl (C=O) groups excluding carboxylic acids is 2. The Morgan fingerprint density at radius 3 is 2.51 bits per heavy atom. The van der Waals surface area contributed by atoms with Gasteiger partial charge in [0.25, 0.3) is 5.91 Å². The number of amides is 1. The van der Waals surface area contributed by atoms with E-state index in [0.717, 1.165) is 50.3 Å². The Morgan fingerprint density at radius 2 is 1.89 bits per heavy atom. The Bertz CT molecular complexity index is 1090. The maximum absolute atomic E-state index is 13.8. The number of anilines is 1. The minimum absolute atomic E-state index is 0.0235. The van der Waals surface area contributed by atoms with Gasteiger partial charge in [-0.05, 0) is 56.5 Å². The molecule has 1 aromatic carbocycles. The molecule has 1 amide bonds. The second-order valence-corrected chi connectivity index (χ2v) is 9.60. The Balaban J connectivity index is 1.37. The average Bonchev–Trinajstić information content (AvgIpc) is 2.89. The van der Waals surface area contributed by atoms with Crippen molar-refractivity contribution in [3.05, 3.63) is 58.1 Å². The molecule has 0 radical (unpaired) electrons. The number of pyridine rings is 1. The van der Waals surface area contributed by atoms with Crippen LogP contribution in [0.4, 0.5) is 10.1 Å². The quantitative estimate of drug-likeness (QED) is 0.572. The van der Waals surface area contributed by atoms with E-state index < -0.39 is 11.8 Å². The molecule has 2 aliphatic heterocycles. The monoisotopic (exact) mass is 502 g/mol. The molecule has 2 saturated heterocycles. The number of esters is 1. The van der Waals surface area contributed by atoms with Gasteiger partial charge in [0.15, 0.2) is 0 Å². The van der Waals surface area contributed by atoms with Crippen molar-refractivity contribution < 1.29 is 18.7 Å². The van der Waals surface area contributed by atoms with Crippen LogP contribution in [0.3, 0.4) is 0 Å². The van der Waals surface area contributed by atoms with E-state index in [9.17, 15) is 14.0 Å². The van der Waals surface area contributed by atoms with Crippen LogP contribution in [0.15, 0.2) is 30.3 Å². The van der Waals surface area contributed by atoms with Crippen LogP contribution < -0.4 is 4.90 Å². The molecule has 7 nitrogen and oxygen atoms in total. The summed E-state index contributed by atoms with van der Waals surface area (Å²) in [5.74, 6) is -1.14. The summed E-state index contributed by atoms with van der Waals surface area (Å²) in [5.41, 5.74) is 2.53. The van der Waals surface area contributed by atoms with Crippen LogP contribution in [0.1, 0.15) is 52.7 Å². The maximum Gasteiger partial charge on any atom is 0.356 e. The van der Waals surface area contributed by atoms with Crippen LogP contribution in [0.25, 0.3) is 0 Å². The van der Waals surface area contributed by atoms with Crippen molar-refractivity contribution in [2.45, 2.75) is 45.2 Å². The van der Waals surface area contributed by atoms with Crippen LogP contribution in [0.5, 0.6) is 0 Å².